The van der Waals surface area contributed by atoms with E-state index in [0.717, 1.165) is 19.6 Å². The third-order valence-corrected chi connectivity index (χ3v) is 2.64. The zero-order valence-corrected chi connectivity index (χ0v) is 12.2. The van der Waals surface area contributed by atoms with Crippen molar-refractivity contribution in [1.82, 2.24) is 10.2 Å². The molecule has 0 saturated carbocycles. The number of benzene rings is 1. The second-order valence-electron chi connectivity index (χ2n) is 4.39. The molecule has 0 amide bonds. The van der Waals surface area contributed by atoms with Gasteiger partial charge < -0.3 is 24.4 Å². The highest BCUT2D eigenvalue weighted by Crippen LogP contribution is 2.36. The summed E-state index contributed by atoms with van der Waals surface area (Å²) in [6.07, 6.45) is 0. The first-order valence-corrected chi connectivity index (χ1v) is 6.38. The van der Waals surface area contributed by atoms with Gasteiger partial charge in [-0.25, -0.2) is 0 Å². The minimum atomic E-state index is 0.574. The molecule has 0 aliphatic heterocycles. The lowest BCUT2D eigenvalue weighted by Gasteiger charge is -2.14. The number of nitrogens with one attached hydrogen (secondary N) is 1. The molecule has 0 atom stereocenters. The van der Waals surface area contributed by atoms with Crippen molar-refractivity contribution in [2.75, 3.05) is 54.6 Å². The summed E-state index contributed by atoms with van der Waals surface area (Å²) in [5, 5.41) is 3.31. The molecule has 0 unspecified atom stereocenters. The minimum absolute atomic E-state index is 0.574. The Morgan fingerprint density at radius 1 is 1.05 bits per heavy atom. The average molecular weight is 268 g/mol. The fourth-order valence-electron chi connectivity index (χ4n) is 1.61. The lowest BCUT2D eigenvalue weighted by atomic mass is 10.3. The third-order valence-electron chi connectivity index (χ3n) is 2.64. The summed E-state index contributed by atoms with van der Waals surface area (Å²) in [5.41, 5.74) is 0. The molecule has 108 valence electrons. The van der Waals surface area contributed by atoms with Gasteiger partial charge in [0.05, 0.1) is 14.2 Å². The number of para-hydroxylation sites is 1. The number of hydrogen-bond donors (Lipinski definition) is 1. The summed E-state index contributed by atoms with van der Waals surface area (Å²) >= 11 is 0. The Balaban J connectivity index is 2.40. The Morgan fingerprint density at radius 2 is 1.68 bits per heavy atom. The van der Waals surface area contributed by atoms with Crippen LogP contribution in [0.25, 0.3) is 0 Å². The Labute approximate surface area is 115 Å². The predicted molar refractivity (Wildman–Crippen MR) is 76.5 cm³/mol. The van der Waals surface area contributed by atoms with Crippen molar-refractivity contribution in [1.29, 1.82) is 0 Å². The molecule has 0 radical (unpaired) electrons. The summed E-state index contributed by atoms with van der Waals surface area (Å²) in [6.45, 7) is 3.32. The van der Waals surface area contributed by atoms with Crippen LogP contribution in [0.2, 0.25) is 0 Å². The molecule has 0 heterocycles. The van der Waals surface area contributed by atoms with Crippen LogP contribution in [0, 0.1) is 0 Å². The number of nitrogens with zero attached hydrogens (tertiary/aromatic N) is 1. The van der Waals surface area contributed by atoms with Gasteiger partial charge in [-0.05, 0) is 26.2 Å². The highest BCUT2D eigenvalue weighted by Gasteiger charge is 2.10. The van der Waals surface area contributed by atoms with Crippen LogP contribution in [-0.2, 0) is 0 Å². The van der Waals surface area contributed by atoms with Crippen molar-refractivity contribution in [2.24, 2.45) is 0 Å². The number of hydrogen-bond acceptors (Lipinski definition) is 5. The van der Waals surface area contributed by atoms with Gasteiger partial charge in [0.15, 0.2) is 11.5 Å². The molecule has 1 aromatic carbocycles. The minimum Gasteiger partial charge on any atom is -0.493 e. The van der Waals surface area contributed by atoms with Crippen LogP contribution in [0.5, 0.6) is 17.2 Å². The van der Waals surface area contributed by atoms with Gasteiger partial charge >= 0.3 is 0 Å². The summed E-state index contributed by atoms with van der Waals surface area (Å²) in [5.74, 6) is 2.03. The van der Waals surface area contributed by atoms with Crippen molar-refractivity contribution >= 4 is 0 Å². The Bertz CT molecular complexity index is 347. The molecule has 5 nitrogen and oxygen atoms in total. The monoisotopic (exact) mass is 268 g/mol. The maximum absolute atomic E-state index is 5.73. The van der Waals surface area contributed by atoms with Crippen molar-refractivity contribution < 1.29 is 14.2 Å². The van der Waals surface area contributed by atoms with Crippen LogP contribution in [0.4, 0.5) is 0 Å². The van der Waals surface area contributed by atoms with E-state index < -0.39 is 0 Å². The van der Waals surface area contributed by atoms with Gasteiger partial charge in [0.2, 0.25) is 5.75 Å². The molecule has 1 rings (SSSR count). The van der Waals surface area contributed by atoms with E-state index in [9.17, 15) is 0 Å². The first kappa shape index (κ1) is 15.6. The fourth-order valence-corrected chi connectivity index (χ4v) is 1.61. The van der Waals surface area contributed by atoms with Crippen molar-refractivity contribution in [3.63, 3.8) is 0 Å². The van der Waals surface area contributed by atoms with Crippen LogP contribution >= 0.6 is 0 Å². The molecule has 0 bridgehead atoms. The predicted octanol–water partition coefficient (Wildman–Crippen LogP) is 1.23. The molecule has 5 heteroatoms. The standard InChI is InChI=1S/C14H24N2O3/c1-16(2)10-8-15-9-11-19-14-12(17-3)6-5-7-13(14)18-4/h5-7,15H,8-11H2,1-4H3. The second-order valence-corrected chi connectivity index (χ2v) is 4.39. The smallest absolute Gasteiger partial charge is 0.203 e. The van der Waals surface area contributed by atoms with E-state index in [4.69, 9.17) is 14.2 Å². The normalized spacial score (nSPS) is 10.6. The zero-order valence-electron chi connectivity index (χ0n) is 12.2. The van der Waals surface area contributed by atoms with Crippen LogP contribution < -0.4 is 19.5 Å². The molecule has 0 fully saturated rings. The molecular formula is C14H24N2O3. The number of ether oxygens (including phenoxy) is 3. The topological polar surface area (TPSA) is 43.0 Å². The summed E-state index contributed by atoms with van der Waals surface area (Å²) in [6, 6.07) is 5.59. The molecule has 19 heavy (non-hydrogen) atoms. The number of rotatable bonds is 9. The van der Waals surface area contributed by atoms with E-state index in [1.165, 1.54) is 0 Å². The van der Waals surface area contributed by atoms with Gasteiger partial charge in [-0.3, -0.25) is 0 Å². The highest BCUT2D eigenvalue weighted by molar-refractivity contribution is 5.51. The average Bonchev–Trinajstić information content (AvgIpc) is 2.42. The number of methoxy groups -OCH3 is 2. The summed E-state index contributed by atoms with van der Waals surface area (Å²) in [7, 11) is 7.35. The summed E-state index contributed by atoms with van der Waals surface area (Å²) < 4.78 is 16.3. The van der Waals surface area contributed by atoms with Gasteiger partial charge in [-0.15, -0.1) is 0 Å². The molecule has 0 aliphatic rings. The van der Waals surface area contributed by atoms with E-state index in [2.05, 4.69) is 24.3 Å². The largest absolute Gasteiger partial charge is 0.493 e. The molecule has 0 saturated heterocycles. The molecule has 0 spiro atoms. The van der Waals surface area contributed by atoms with Crippen molar-refractivity contribution in [2.45, 2.75) is 0 Å². The lowest BCUT2D eigenvalue weighted by Crippen LogP contribution is -2.29. The third kappa shape index (κ3) is 5.36. The quantitative estimate of drug-likeness (QED) is 0.682. The molecule has 0 aliphatic carbocycles. The van der Waals surface area contributed by atoms with Gasteiger partial charge in [0, 0.05) is 19.6 Å². The zero-order chi connectivity index (χ0) is 14.1. The van der Waals surface area contributed by atoms with E-state index in [0.29, 0.717) is 23.9 Å². The molecular weight excluding hydrogens is 244 g/mol. The van der Waals surface area contributed by atoms with Crippen LogP contribution in [-0.4, -0.2) is 59.5 Å². The Morgan fingerprint density at radius 3 is 2.21 bits per heavy atom. The van der Waals surface area contributed by atoms with Gasteiger partial charge in [0.25, 0.3) is 0 Å². The van der Waals surface area contributed by atoms with Crippen molar-refractivity contribution in [3.8, 4) is 17.2 Å². The SMILES string of the molecule is COc1cccc(OC)c1OCCNCCN(C)C. The van der Waals surface area contributed by atoms with E-state index in [1.807, 2.05) is 18.2 Å². The second kappa shape index (κ2) is 8.61. The Kier molecular flexibility index (Phi) is 7.07. The van der Waals surface area contributed by atoms with Crippen LogP contribution in [0.3, 0.4) is 0 Å². The van der Waals surface area contributed by atoms with E-state index in [-0.39, 0.29) is 0 Å². The molecule has 0 aromatic heterocycles. The first-order chi connectivity index (χ1) is 9.19. The van der Waals surface area contributed by atoms with Crippen LogP contribution in [0.1, 0.15) is 0 Å². The van der Waals surface area contributed by atoms with Gasteiger partial charge in [-0.2, -0.15) is 0 Å². The highest BCUT2D eigenvalue weighted by atomic mass is 16.5. The van der Waals surface area contributed by atoms with Crippen LogP contribution in [0.15, 0.2) is 18.2 Å². The Hall–Kier alpha value is -1.46. The molecule has 1 N–H and O–H groups in total. The van der Waals surface area contributed by atoms with E-state index >= 15 is 0 Å². The first-order valence-electron chi connectivity index (χ1n) is 6.38. The van der Waals surface area contributed by atoms with Gasteiger partial charge in [0.1, 0.15) is 6.61 Å². The molecule has 1 aromatic rings. The van der Waals surface area contributed by atoms with E-state index in [1.54, 1.807) is 14.2 Å². The van der Waals surface area contributed by atoms with Gasteiger partial charge in [-0.1, -0.05) is 6.07 Å². The summed E-state index contributed by atoms with van der Waals surface area (Å²) in [4.78, 5) is 2.14. The maximum Gasteiger partial charge on any atom is 0.203 e. The lowest BCUT2D eigenvalue weighted by molar-refractivity contribution is 0.271. The number of likely N-dealkylation sites (N-methyl/N-ethyl adjacent to an activating group) is 1. The maximum atomic E-state index is 5.73. The van der Waals surface area contributed by atoms with Crippen molar-refractivity contribution in [3.05, 3.63) is 18.2 Å². The fraction of sp³-hybridized carbons (Fsp3) is 0.571.